The van der Waals surface area contributed by atoms with Crippen molar-refractivity contribution in [1.29, 1.82) is 0 Å². The summed E-state index contributed by atoms with van der Waals surface area (Å²) >= 11 is 1.51. The predicted molar refractivity (Wildman–Crippen MR) is 84.9 cm³/mol. The molecule has 0 spiro atoms. The van der Waals surface area contributed by atoms with Crippen LogP contribution in [0.25, 0.3) is 5.69 Å². The molecule has 21 heavy (non-hydrogen) atoms. The van der Waals surface area contributed by atoms with E-state index in [4.69, 9.17) is 5.11 Å². The summed E-state index contributed by atoms with van der Waals surface area (Å²) in [5.74, 6) is 0.436. The molecule has 1 aromatic heterocycles. The molecule has 114 valence electrons. The molecule has 3 N–H and O–H groups in total. The lowest BCUT2D eigenvalue weighted by molar-refractivity contribution is 0.113. The second kappa shape index (κ2) is 7.61. The van der Waals surface area contributed by atoms with E-state index in [1.807, 2.05) is 49.0 Å². The molecule has 0 amide bonds. The number of aliphatic hydroxyl groups is 2. The second-order valence-corrected chi connectivity index (χ2v) is 5.80. The van der Waals surface area contributed by atoms with Crippen molar-refractivity contribution in [3.8, 4) is 5.69 Å². The molecule has 1 atom stereocenters. The number of benzene rings is 1. The van der Waals surface area contributed by atoms with E-state index in [-0.39, 0.29) is 6.61 Å². The van der Waals surface area contributed by atoms with Crippen molar-refractivity contribution in [2.45, 2.75) is 24.6 Å². The first-order valence-electron chi connectivity index (χ1n) is 6.87. The zero-order valence-corrected chi connectivity index (χ0v) is 13.1. The molecule has 0 radical (unpaired) electrons. The number of hydrogen-bond donors (Lipinski definition) is 3. The van der Waals surface area contributed by atoms with E-state index in [0.717, 1.165) is 28.5 Å². The summed E-state index contributed by atoms with van der Waals surface area (Å²) in [4.78, 5) is 0. The van der Waals surface area contributed by atoms with Crippen LogP contribution in [-0.2, 0) is 6.54 Å². The number of aromatic nitrogens is 2. The molecule has 1 aromatic carbocycles. The average Bonchev–Trinajstić information content (AvgIpc) is 2.83. The molecule has 0 aliphatic carbocycles. The molecular formula is C15H21N3O2S. The fraction of sp³-hybridized carbons (Fsp3) is 0.400. The molecule has 0 aliphatic rings. The highest BCUT2D eigenvalue weighted by molar-refractivity contribution is 7.99. The Kier molecular flexibility index (Phi) is 5.81. The van der Waals surface area contributed by atoms with Crippen LogP contribution in [0.4, 0.5) is 0 Å². The van der Waals surface area contributed by atoms with Crippen LogP contribution < -0.4 is 5.32 Å². The molecule has 0 fully saturated rings. The van der Waals surface area contributed by atoms with E-state index in [1.54, 1.807) is 0 Å². The molecule has 0 saturated heterocycles. The molecule has 2 rings (SSSR count). The van der Waals surface area contributed by atoms with Crippen LogP contribution in [-0.4, -0.2) is 45.5 Å². The van der Waals surface area contributed by atoms with Crippen LogP contribution in [0, 0.1) is 6.92 Å². The van der Waals surface area contributed by atoms with Gasteiger partial charge in [0.05, 0.1) is 24.1 Å². The molecule has 0 aliphatic heterocycles. The third-order valence-electron chi connectivity index (χ3n) is 3.11. The Morgan fingerprint density at radius 3 is 2.67 bits per heavy atom. The van der Waals surface area contributed by atoms with Gasteiger partial charge < -0.3 is 15.5 Å². The van der Waals surface area contributed by atoms with Gasteiger partial charge in [-0.15, -0.1) is 11.8 Å². The zero-order chi connectivity index (χ0) is 15.2. The molecule has 5 nitrogen and oxygen atoms in total. The van der Waals surface area contributed by atoms with Gasteiger partial charge in [-0.2, -0.15) is 5.10 Å². The minimum atomic E-state index is -0.725. The van der Waals surface area contributed by atoms with E-state index in [0.29, 0.717) is 5.75 Å². The van der Waals surface area contributed by atoms with E-state index in [2.05, 4.69) is 10.4 Å². The van der Waals surface area contributed by atoms with Gasteiger partial charge >= 0.3 is 0 Å². The molecule has 0 bridgehead atoms. The minimum Gasteiger partial charge on any atom is -0.394 e. The first-order chi connectivity index (χ1) is 10.2. The van der Waals surface area contributed by atoms with Crippen LogP contribution in [0.3, 0.4) is 0 Å². The van der Waals surface area contributed by atoms with Crippen LogP contribution in [0.2, 0.25) is 0 Å². The summed E-state index contributed by atoms with van der Waals surface area (Å²) in [6.07, 6.45) is -0.725. The van der Waals surface area contributed by atoms with Crippen molar-refractivity contribution in [3.63, 3.8) is 0 Å². The number of aryl methyl sites for hydroxylation is 1. The van der Waals surface area contributed by atoms with Crippen molar-refractivity contribution in [2.75, 3.05) is 19.4 Å². The van der Waals surface area contributed by atoms with Crippen molar-refractivity contribution >= 4 is 11.8 Å². The lowest BCUT2D eigenvalue weighted by atomic mass is 10.2. The lowest BCUT2D eigenvalue weighted by Crippen LogP contribution is -2.15. The Labute approximate surface area is 129 Å². The maximum atomic E-state index is 9.59. The number of nitrogens with zero attached hydrogens (tertiary/aromatic N) is 2. The smallest absolute Gasteiger partial charge is 0.105 e. The lowest BCUT2D eigenvalue weighted by Gasteiger charge is -2.11. The summed E-state index contributed by atoms with van der Waals surface area (Å²) in [5.41, 5.74) is 3.08. The van der Waals surface area contributed by atoms with Crippen LogP contribution in [0.15, 0.2) is 35.4 Å². The first-order valence-corrected chi connectivity index (χ1v) is 7.86. The van der Waals surface area contributed by atoms with E-state index < -0.39 is 6.10 Å². The van der Waals surface area contributed by atoms with Gasteiger partial charge in [0.1, 0.15) is 5.03 Å². The van der Waals surface area contributed by atoms with Crippen molar-refractivity contribution in [2.24, 2.45) is 0 Å². The van der Waals surface area contributed by atoms with Gasteiger partial charge in [0, 0.05) is 17.9 Å². The number of para-hydroxylation sites is 1. The Hall–Kier alpha value is -1.34. The van der Waals surface area contributed by atoms with Crippen LogP contribution in [0.1, 0.15) is 11.3 Å². The monoisotopic (exact) mass is 307 g/mol. The SMILES string of the molecule is CNCc1c(C)nn(-c2ccccc2)c1SCC(O)CO. The number of rotatable bonds is 7. The summed E-state index contributed by atoms with van der Waals surface area (Å²) in [7, 11) is 1.90. The average molecular weight is 307 g/mol. The third-order valence-corrected chi connectivity index (χ3v) is 4.36. The van der Waals surface area contributed by atoms with Crippen molar-refractivity contribution in [3.05, 3.63) is 41.6 Å². The van der Waals surface area contributed by atoms with Crippen molar-refractivity contribution < 1.29 is 10.2 Å². The molecule has 6 heteroatoms. The van der Waals surface area contributed by atoms with Gasteiger partial charge in [0.2, 0.25) is 0 Å². The Bertz CT molecular complexity index is 572. The quantitative estimate of drug-likeness (QED) is 0.674. The Morgan fingerprint density at radius 2 is 2.05 bits per heavy atom. The summed E-state index contributed by atoms with van der Waals surface area (Å²) in [6.45, 7) is 2.47. The summed E-state index contributed by atoms with van der Waals surface area (Å²) in [6, 6.07) is 9.92. The van der Waals surface area contributed by atoms with Gasteiger partial charge in [-0.25, -0.2) is 4.68 Å². The van der Waals surface area contributed by atoms with E-state index >= 15 is 0 Å². The van der Waals surface area contributed by atoms with Gasteiger partial charge in [-0.3, -0.25) is 0 Å². The summed E-state index contributed by atoms with van der Waals surface area (Å²) < 4.78 is 1.90. The zero-order valence-electron chi connectivity index (χ0n) is 12.3. The third kappa shape index (κ3) is 3.85. The molecule has 1 heterocycles. The largest absolute Gasteiger partial charge is 0.394 e. The molecule has 0 saturated carbocycles. The van der Waals surface area contributed by atoms with Crippen LogP contribution in [0.5, 0.6) is 0 Å². The standard InChI is InChI=1S/C15H21N3O2S/c1-11-14(8-16-2)15(21-10-13(20)9-19)18(17-11)12-6-4-3-5-7-12/h3-7,13,16,19-20H,8-10H2,1-2H3. The second-order valence-electron chi connectivity index (χ2n) is 4.79. The van der Waals surface area contributed by atoms with Crippen LogP contribution >= 0.6 is 11.8 Å². The Balaban J connectivity index is 2.37. The molecule has 2 aromatic rings. The highest BCUT2D eigenvalue weighted by atomic mass is 32.2. The topological polar surface area (TPSA) is 70.3 Å². The fourth-order valence-electron chi connectivity index (χ4n) is 2.04. The maximum absolute atomic E-state index is 9.59. The van der Waals surface area contributed by atoms with Gasteiger partial charge in [-0.1, -0.05) is 18.2 Å². The Morgan fingerprint density at radius 1 is 1.33 bits per heavy atom. The van der Waals surface area contributed by atoms with E-state index in [9.17, 15) is 5.11 Å². The number of nitrogens with one attached hydrogen (secondary N) is 1. The fourth-order valence-corrected chi connectivity index (χ4v) is 3.16. The van der Waals surface area contributed by atoms with Gasteiger partial charge in [0.15, 0.2) is 0 Å². The normalized spacial score (nSPS) is 12.6. The number of hydrogen-bond acceptors (Lipinski definition) is 5. The highest BCUT2D eigenvalue weighted by Gasteiger charge is 2.17. The van der Waals surface area contributed by atoms with Crippen molar-refractivity contribution in [1.82, 2.24) is 15.1 Å². The highest BCUT2D eigenvalue weighted by Crippen LogP contribution is 2.28. The van der Waals surface area contributed by atoms with E-state index in [1.165, 1.54) is 11.8 Å². The predicted octanol–water partition coefficient (Wildman–Crippen LogP) is 1.35. The number of thioether (sulfide) groups is 1. The maximum Gasteiger partial charge on any atom is 0.105 e. The van der Waals surface area contributed by atoms with Gasteiger partial charge in [-0.05, 0) is 26.1 Å². The summed E-state index contributed by atoms with van der Waals surface area (Å²) in [5, 5.41) is 27.3. The number of aliphatic hydroxyl groups excluding tert-OH is 2. The first kappa shape index (κ1) is 16.0. The van der Waals surface area contributed by atoms with Gasteiger partial charge in [0.25, 0.3) is 0 Å². The molecular weight excluding hydrogens is 286 g/mol. The molecule has 1 unspecified atom stereocenters. The minimum absolute atomic E-state index is 0.229.